The summed E-state index contributed by atoms with van der Waals surface area (Å²) in [5.74, 6) is -0.459. The van der Waals surface area contributed by atoms with E-state index in [0.717, 1.165) is 0 Å². The Morgan fingerprint density at radius 2 is 1.92 bits per heavy atom. The lowest BCUT2D eigenvalue weighted by molar-refractivity contribution is -0.118. The van der Waals surface area contributed by atoms with Gasteiger partial charge in [0, 0.05) is 6.20 Å². The first-order valence-electron chi connectivity index (χ1n) is 7.14. The van der Waals surface area contributed by atoms with Crippen molar-refractivity contribution in [3.63, 3.8) is 0 Å². The summed E-state index contributed by atoms with van der Waals surface area (Å²) in [7, 11) is 0. The molecule has 0 bridgehead atoms. The number of carbonyl (C=O) groups excluding carboxylic acids is 1. The van der Waals surface area contributed by atoms with Gasteiger partial charge in [0.05, 0.1) is 5.56 Å². The molecule has 0 N–H and O–H groups in total. The highest BCUT2D eigenvalue weighted by atomic mass is 19.4. The predicted molar refractivity (Wildman–Crippen MR) is 79.4 cm³/mol. The molecule has 24 heavy (non-hydrogen) atoms. The van der Waals surface area contributed by atoms with Gasteiger partial charge in [-0.15, -0.1) is 0 Å². The summed E-state index contributed by atoms with van der Waals surface area (Å²) < 4.78 is 49.6. The molecule has 0 atom stereocenters. The Morgan fingerprint density at radius 3 is 2.62 bits per heavy atom. The largest absolute Gasteiger partial charge is 0.486 e. The molecule has 2 aromatic rings. The summed E-state index contributed by atoms with van der Waals surface area (Å²) in [6, 6.07) is 8.95. The normalized spacial score (nSPS) is 13.5. The van der Waals surface area contributed by atoms with Crippen molar-refractivity contribution in [2.24, 2.45) is 0 Å². The number of pyridine rings is 1. The number of alkyl halides is 3. The molecular formula is C16H13F3N2O3. The van der Waals surface area contributed by atoms with Crippen molar-refractivity contribution >= 4 is 11.7 Å². The Balaban J connectivity index is 2.01. The van der Waals surface area contributed by atoms with Crippen LogP contribution in [-0.2, 0) is 0 Å². The molecule has 1 aromatic heterocycles. The summed E-state index contributed by atoms with van der Waals surface area (Å²) in [5, 5.41) is 0. The van der Waals surface area contributed by atoms with Gasteiger partial charge in [0.25, 0.3) is 5.91 Å². The van der Waals surface area contributed by atoms with Gasteiger partial charge in [-0.2, -0.15) is 13.2 Å². The number of carbonyl (C=O) groups is 1. The number of anilines is 1. The van der Waals surface area contributed by atoms with Crippen LogP contribution in [-0.4, -0.2) is 36.8 Å². The topological polar surface area (TPSA) is 51.7 Å². The van der Waals surface area contributed by atoms with Crippen molar-refractivity contribution in [2.45, 2.75) is 6.18 Å². The second-order valence-electron chi connectivity index (χ2n) is 5.02. The average molecular weight is 338 g/mol. The van der Waals surface area contributed by atoms with E-state index in [1.165, 1.54) is 30.5 Å². The monoisotopic (exact) mass is 338 g/mol. The van der Waals surface area contributed by atoms with Crippen LogP contribution in [0.5, 0.6) is 11.5 Å². The van der Waals surface area contributed by atoms with Gasteiger partial charge in [-0.05, 0) is 24.3 Å². The van der Waals surface area contributed by atoms with Crippen LogP contribution in [0.15, 0.2) is 42.6 Å². The van der Waals surface area contributed by atoms with E-state index in [2.05, 4.69) is 4.98 Å². The Labute approximate surface area is 135 Å². The fraction of sp³-hybridized carbons (Fsp3) is 0.250. The molecule has 1 amide bonds. The number of para-hydroxylation sites is 1. The minimum absolute atomic E-state index is 0.00195. The van der Waals surface area contributed by atoms with E-state index in [0.29, 0.717) is 17.3 Å². The van der Waals surface area contributed by atoms with Gasteiger partial charge in [0.2, 0.25) is 0 Å². The minimum atomic E-state index is -4.57. The minimum Gasteiger partial charge on any atom is -0.486 e. The summed E-state index contributed by atoms with van der Waals surface area (Å²) in [6.45, 7) is -0.912. The van der Waals surface area contributed by atoms with Gasteiger partial charge < -0.3 is 9.47 Å². The van der Waals surface area contributed by atoms with Crippen LogP contribution < -0.4 is 14.4 Å². The standard InChI is InChI=1S/C16H13F3N2O3/c17-16(18,19)10-21(13-6-1-2-7-20-13)15(22)11-4-3-5-12-14(11)24-9-8-23-12/h1-7H,8-10H2. The van der Waals surface area contributed by atoms with Gasteiger partial charge in [-0.1, -0.05) is 12.1 Å². The van der Waals surface area contributed by atoms with Crippen molar-refractivity contribution in [1.82, 2.24) is 4.98 Å². The molecule has 0 spiro atoms. The number of nitrogens with zero attached hydrogens (tertiary/aromatic N) is 2. The zero-order chi connectivity index (χ0) is 17.2. The third-order valence-electron chi connectivity index (χ3n) is 3.30. The quantitative estimate of drug-likeness (QED) is 0.863. The van der Waals surface area contributed by atoms with Crippen LogP contribution >= 0.6 is 0 Å². The number of halogens is 3. The number of hydrogen-bond donors (Lipinski definition) is 0. The summed E-state index contributed by atoms with van der Waals surface area (Å²) in [6.07, 6.45) is -3.24. The fourth-order valence-electron chi connectivity index (χ4n) is 2.34. The Morgan fingerprint density at radius 1 is 1.12 bits per heavy atom. The number of amides is 1. The van der Waals surface area contributed by atoms with E-state index >= 15 is 0 Å². The zero-order valence-corrected chi connectivity index (χ0v) is 12.4. The highest BCUT2D eigenvalue weighted by Crippen LogP contribution is 2.35. The van der Waals surface area contributed by atoms with E-state index in [-0.39, 0.29) is 23.7 Å². The van der Waals surface area contributed by atoms with Crippen LogP contribution in [0.2, 0.25) is 0 Å². The van der Waals surface area contributed by atoms with Crippen LogP contribution in [0.3, 0.4) is 0 Å². The second-order valence-corrected chi connectivity index (χ2v) is 5.02. The highest BCUT2D eigenvalue weighted by molar-refractivity contribution is 6.08. The maximum Gasteiger partial charge on any atom is 0.406 e. The second kappa shape index (κ2) is 6.38. The molecule has 1 aliphatic rings. The van der Waals surface area contributed by atoms with Crippen molar-refractivity contribution in [3.05, 3.63) is 48.2 Å². The first kappa shape index (κ1) is 16.1. The molecule has 0 unspecified atom stereocenters. The smallest absolute Gasteiger partial charge is 0.406 e. The fourth-order valence-corrected chi connectivity index (χ4v) is 2.34. The number of benzene rings is 1. The maximum absolute atomic E-state index is 12.9. The Kier molecular flexibility index (Phi) is 4.28. The molecule has 0 fully saturated rings. The van der Waals surface area contributed by atoms with Crippen molar-refractivity contribution < 1.29 is 27.4 Å². The van der Waals surface area contributed by atoms with Crippen LogP contribution in [0.4, 0.5) is 19.0 Å². The lowest BCUT2D eigenvalue weighted by Crippen LogP contribution is -2.40. The third-order valence-corrected chi connectivity index (χ3v) is 3.30. The number of aromatic nitrogens is 1. The third kappa shape index (κ3) is 3.42. The van der Waals surface area contributed by atoms with Crippen molar-refractivity contribution in [2.75, 3.05) is 24.7 Å². The van der Waals surface area contributed by atoms with Gasteiger partial charge in [-0.3, -0.25) is 9.69 Å². The molecule has 2 heterocycles. The van der Waals surface area contributed by atoms with E-state index < -0.39 is 18.6 Å². The number of fused-ring (bicyclic) bond motifs is 1. The summed E-state index contributed by atoms with van der Waals surface area (Å²) in [5.41, 5.74) is 0.00195. The van der Waals surface area contributed by atoms with Gasteiger partial charge in [0.15, 0.2) is 11.5 Å². The first-order chi connectivity index (χ1) is 11.5. The molecule has 1 aliphatic heterocycles. The van der Waals surface area contributed by atoms with Crippen LogP contribution in [0.1, 0.15) is 10.4 Å². The van der Waals surface area contributed by atoms with Gasteiger partial charge in [0.1, 0.15) is 25.6 Å². The molecule has 8 heteroatoms. The molecule has 0 radical (unpaired) electrons. The maximum atomic E-state index is 12.9. The summed E-state index contributed by atoms with van der Waals surface area (Å²) in [4.78, 5) is 17.2. The SMILES string of the molecule is O=C(c1cccc2c1OCCO2)N(CC(F)(F)F)c1ccccn1. The molecule has 126 valence electrons. The molecule has 5 nitrogen and oxygen atoms in total. The predicted octanol–water partition coefficient (Wildman–Crippen LogP) is 3.06. The van der Waals surface area contributed by atoms with Crippen LogP contribution in [0, 0.1) is 0 Å². The van der Waals surface area contributed by atoms with E-state index in [4.69, 9.17) is 9.47 Å². The molecule has 1 aromatic carbocycles. The zero-order valence-electron chi connectivity index (χ0n) is 12.4. The van der Waals surface area contributed by atoms with Crippen LogP contribution in [0.25, 0.3) is 0 Å². The highest BCUT2D eigenvalue weighted by Gasteiger charge is 2.36. The lowest BCUT2D eigenvalue weighted by Gasteiger charge is -2.26. The van der Waals surface area contributed by atoms with E-state index in [9.17, 15) is 18.0 Å². The first-order valence-corrected chi connectivity index (χ1v) is 7.14. The van der Waals surface area contributed by atoms with E-state index in [1.54, 1.807) is 12.1 Å². The lowest BCUT2D eigenvalue weighted by atomic mass is 10.1. The van der Waals surface area contributed by atoms with Crippen molar-refractivity contribution in [1.29, 1.82) is 0 Å². The number of hydrogen-bond acceptors (Lipinski definition) is 4. The Hall–Kier alpha value is -2.77. The Bertz CT molecular complexity index is 735. The van der Waals surface area contributed by atoms with Gasteiger partial charge in [-0.25, -0.2) is 4.98 Å². The molecular weight excluding hydrogens is 325 g/mol. The number of rotatable bonds is 3. The molecule has 3 rings (SSSR count). The van der Waals surface area contributed by atoms with Gasteiger partial charge >= 0.3 is 6.18 Å². The molecule has 0 saturated heterocycles. The van der Waals surface area contributed by atoms with Crippen molar-refractivity contribution in [3.8, 4) is 11.5 Å². The summed E-state index contributed by atoms with van der Waals surface area (Å²) >= 11 is 0. The average Bonchev–Trinajstić information content (AvgIpc) is 2.58. The number of ether oxygens (including phenoxy) is 2. The molecule has 0 saturated carbocycles. The molecule has 0 aliphatic carbocycles. The van der Waals surface area contributed by atoms with E-state index in [1.807, 2.05) is 0 Å².